The first-order chi connectivity index (χ1) is 13.2. The molecule has 0 aliphatic heterocycles. The Kier molecular flexibility index (Phi) is 6.89. The number of aliphatic carboxylic acids is 1. The highest BCUT2D eigenvalue weighted by Gasteiger charge is 2.24. The molecule has 0 saturated carbocycles. The Morgan fingerprint density at radius 3 is 2.14 bits per heavy atom. The third-order valence-corrected chi connectivity index (χ3v) is 5.61. The van der Waals surface area contributed by atoms with Gasteiger partial charge < -0.3 is 15.7 Å². The van der Waals surface area contributed by atoms with Crippen LogP contribution in [0.25, 0.3) is 0 Å². The van der Waals surface area contributed by atoms with Crippen molar-refractivity contribution in [3.8, 4) is 0 Å². The Morgan fingerprint density at radius 1 is 1.00 bits per heavy atom. The van der Waals surface area contributed by atoms with Gasteiger partial charge in [0.2, 0.25) is 5.91 Å². The molecule has 0 heterocycles. The van der Waals surface area contributed by atoms with Crippen LogP contribution in [0.1, 0.15) is 23.7 Å². The second kappa shape index (κ2) is 9.14. The van der Waals surface area contributed by atoms with Crippen LogP contribution in [0.15, 0.2) is 59.5 Å². The van der Waals surface area contributed by atoms with Crippen LogP contribution in [-0.4, -0.2) is 43.1 Å². The van der Waals surface area contributed by atoms with Crippen molar-refractivity contribution in [3.05, 3.63) is 60.2 Å². The van der Waals surface area contributed by atoms with Gasteiger partial charge in [0.05, 0.1) is 10.6 Å². The number of benzene rings is 2. The van der Waals surface area contributed by atoms with Crippen molar-refractivity contribution in [1.29, 1.82) is 0 Å². The van der Waals surface area contributed by atoms with Crippen LogP contribution in [0.4, 0.5) is 5.69 Å². The molecule has 28 heavy (non-hydrogen) atoms. The Balaban J connectivity index is 2.03. The van der Waals surface area contributed by atoms with Gasteiger partial charge in [-0.2, -0.15) is 0 Å². The van der Waals surface area contributed by atoms with Crippen LogP contribution in [0.3, 0.4) is 0 Å². The fourth-order valence-corrected chi connectivity index (χ4v) is 3.78. The first-order valence-electron chi connectivity index (χ1n) is 8.38. The summed E-state index contributed by atoms with van der Waals surface area (Å²) >= 11 is 0. The molecule has 0 saturated heterocycles. The molecule has 2 amide bonds. The summed E-state index contributed by atoms with van der Waals surface area (Å²) in [5.74, 6) is -2.66. The van der Waals surface area contributed by atoms with E-state index >= 15 is 0 Å². The Hall–Kier alpha value is -3.20. The molecule has 0 aliphatic carbocycles. The van der Waals surface area contributed by atoms with Gasteiger partial charge >= 0.3 is 5.97 Å². The topological polar surface area (TPSA) is 130 Å². The summed E-state index contributed by atoms with van der Waals surface area (Å²) in [6, 6.07) is 12.2. The zero-order valence-corrected chi connectivity index (χ0v) is 15.9. The third-order valence-electron chi connectivity index (χ3n) is 3.85. The smallest absolute Gasteiger partial charge is 0.326 e. The number of carboxylic acids is 1. The summed E-state index contributed by atoms with van der Waals surface area (Å²) in [7, 11) is -3.66. The highest BCUT2D eigenvalue weighted by molar-refractivity contribution is 7.91. The first kappa shape index (κ1) is 21.1. The molecular weight excluding hydrogens is 384 g/mol. The molecule has 0 fully saturated rings. The van der Waals surface area contributed by atoms with E-state index in [-0.39, 0.29) is 22.8 Å². The number of rotatable bonds is 8. The molecule has 0 radical (unpaired) electrons. The van der Waals surface area contributed by atoms with Crippen LogP contribution >= 0.6 is 0 Å². The molecule has 148 valence electrons. The Labute approximate surface area is 162 Å². The van der Waals surface area contributed by atoms with Crippen molar-refractivity contribution in [2.24, 2.45) is 0 Å². The van der Waals surface area contributed by atoms with Crippen molar-refractivity contribution >= 4 is 33.3 Å². The largest absolute Gasteiger partial charge is 0.480 e. The third kappa shape index (κ3) is 5.92. The fraction of sp³-hybridized carbons (Fsp3) is 0.211. The summed E-state index contributed by atoms with van der Waals surface area (Å²) < 4.78 is 24.6. The van der Waals surface area contributed by atoms with E-state index in [4.69, 9.17) is 0 Å². The lowest BCUT2D eigenvalue weighted by Crippen LogP contribution is -2.41. The van der Waals surface area contributed by atoms with E-state index in [1.54, 1.807) is 18.2 Å². The van der Waals surface area contributed by atoms with Gasteiger partial charge in [-0.1, -0.05) is 18.2 Å². The predicted octanol–water partition coefficient (Wildman–Crippen LogP) is 1.69. The minimum atomic E-state index is -3.66. The molecule has 0 unspecified atom stereocenters. The number of carboxylic acid groups (broad SMARTS) is 1. The molecule has 1 atom stereocenters. The van der Waals surface area contributed by atoms with Gasteiger partial charge in [-0.05, 0) is 42.8 Å². The van der Waals surface area contributed by atoms with Crippen LogP contribution in [-0.2, 0) is 19.4 Å². The molecule has 2 rings (SSSR count). The molecular formula is C19H20N2O6S. The summed E-state index contributed by atoms with van der Waals surface area (Å²) in [5, 5.41) is 14.2. The molecule has 0 bridgehead atoms. The zero-order chi connectivity index (χ0) is 20.7. The number of amides is 2. The van der Waals surface area contributed by atoms with Crippen LogP contribution < -0.4 is 10.6 Å². The normalized spacial score (nSPS) is 12.0. The van der Waals surface area contributed by atoms with Gasteiger partial charge in [0.1, 0.15) is 6.04 Å². The number of anilines is 1. The highest BCUT2D eigenvalue weighted by Crippen LogP contribution is 2.13. The maximum absolute atomic E-state index is 12.3. The van der Waals surface area contributed by atoms with E-state index in [9.17, 15) is 27.9 Å². The lowest BCUT2D eigenvalue weighted by Gasteiger charge is -2.15. The predicted molar refractivity (Wildman–Crippen MR) is 103 cm³/mol. The highest BCUT2D eigenvalue weighted by atomic mass is 32.2. The van der Waals surface area contributed by atoms with Crippen molar-refractivity contribution in [1.82, 2.24) is 5.32 Å². The number of sulfone groups is 1. The molecule has 0 spiro atoms. The average molecular weight is 404 g/mol. The molecule has 2 aromatic carbocycles. The lowest BCUT2D eigenvalue weighted by atomic mass is 10.1. The maximum atomic E-state index is 12.3. The van der Waals surface area contributed by atoms with Gasteiger partial charge in [-0.3, -0.25) is 9.59 Å². The molecule has 0 aliphatic rings. The molecule has 2 aromatic rings. The van der Waals surface area contributed by atoms with E-state index in [1.807, 2.05) is 0 Å². The van der Waals surface area contributed by atoms with Crippen molar-refractivity contribution in [3.63, 3.8) is 0 Å². The quantitative estimate of drug-likeness (QED) is 0.614. The molecule has 3 N–H and O–H groups in total. The molecule has 0 aromatic heterocycles. The maximum Gasteiger partial charge on any atom is 0.326 e. The minimum Gasteiger partial charge on any atom is -0.480 e. The fourth-order valence-electron chi connectivity index (χ4n) is 2.43. The van der Waals surface area contributed by atoms with Crippen molar-refractivity contribution in [2.45, 2.75) is 24.3 Å². The van der Waals surface area contributed by atoms with E-state index in [0.29, 0.717) is 5.69 Å². The van der Waals surface area contributed by atoms with Gasteiger partial charge in [-0.25, -0.2) is 13.2 Å². The van der Waals surface area contributed by atoms with Gasteiger partial charge in [0, 0.05) is 18.2 Å². The number of hydrogen-bond donors (Lipinski definition) is 3. The number of nitrogens with one attached hydrogen (secondary N) is 2. The van der Waals surface area contributed by atoms with Crippen molar-refractivity contribution < 1.29 is 27.9 Å². The number of carbonyl (C=O) groups is 3. The standard InChI is InChI=1S/C19H20N2O6S/c1-13(22)20-15-9-7-14(8-10-15)18(23)21-17(19(24)25)11-12-28(26,27)16-5-3-2-4-6-16/h2-10,17H,11-12H2,1H3,(H,20,22)(H,21,23)(H,24,25)/t17-/m1/s1. The first-order valence-corrected chi connectivity index (χ1v) is 10.0. The summed E-state index contributed by atoms with van der Waals surface area (Å²) in [6.07, 6.45) is -0.276. The monoisotopic (exact) mass is 404 g/mol. The summed E-state index contributed by atoms with van der Waals surface area (Å²) in [5.41, 5.74) is 0.680. The SMILES string of the molecule is CC(=O)Nc1ccc(C(=O)N[C@H](CCS(=O)(=O)c2ccccc2)C(=O)O)cc1. The molecule has 9 heteroatoms. The van der Waals surface area contributed by atoms with Gasteiger partial charge in [-0.15, -0.1) is 0 Å². The number of hydrogen-bond acceptors (Lipinski definition) is 5. The summed E-state index contributed by atoms with van der Waals surface area (Å²) in [6.45, 7) is 1.35. The second-order valence-electron chi connectivity index (χ2n) is 6.04. The van der Waals surface area contributed by atoms with E-state index in [2.05, 4.69) is 10.6 Å². The molecule has 8 nitrogen and oxygen atoms in total. The van der Waals surface area contributed by atoms with Gasteiger partial charge in [0.15, 0.2) is 9.84 Å². The number of carbonyl (C=O) groups excluding carboxylic acids is 2. The van der Waals surface area contributed by atoms with Crippen LogP contribution in [0, 0.1) is 0 Å². The Morgan fingerprint density at radius 2 is 1.61 bits per heavy atom. The van der Waals surface area contributed by atoms with Gasteiger partial charge in [0.25, 0.3) is 5.91 Å². The minimum absolute atomic E-state index is 0.0963. The summed E-state index contributed by atoms with van der Waals surface area (Å²) in [4.78, 5) is 34.8. The van der Waals surface area contributed by atoms with E-state index in [0.717, 1.165) is 0 Å². The van der Waals surface area contributed by atoms with E-state index < -0.39 is 33.5 Å². The lowest BCUT2D eigenvalue weighted by molar-refractivity contribution is -0.139. The zero-order valence-electron chi connectivity index (χ0n) is 15.1. The Bertz CT molecular complexity index is 956. The van der Waals surface area contributed by atoms with Crippen LogP contribution in [0.5, 0.6) is 0 Å². The average Bonchev–Trinajstić information content (AvgIpc) is 2.65. The second-order valence-corrected chi connectivity index (χ2v) is 8.15. The van der Waals surface area contributed by atoms with Crippen LogP contribution in [0.2, 0.25) is 0 Å². The van der Waals surface area contributed by atoms with Crippen molar-refractivity contribution in [2.75, 3.05) is 11.1 Å². The van der Waals surface area contributed by atoms with E-state index in [1.165, 1.54) is 43.3 Å².